The summed E-state index contributed by atoms with van der Waals surface area (Å²) in [6.07, 6.45) is 1.22. The number of thiophene rings is 1. The molecule has 0 fully saturated rings. The Labute approximate surface area is 310 Å². The van der Waals surface area contributed by atoms with Gasteiger partial charge in [0.15, 0.2) is 6.29 Å². The van der Waals surface area contributed by atoms with Gasteiger partial charge < -0.3 is 29.7 Å². The van der Waals surface area contributed by atoms with Crippen LogP contribution in [0.3, 0.4) is 0 Å². The van der Waals surface area contributed by atoms with Gasteiger partial charge in [0, 0.05) is 49.7 Å². The molecule has 280 valence electrons. The van der Waals surface area contributed by atoms with Gasteiger partial charge in [0.25, 0.3) is 0 Å². The predicted molar refractivity (Wildman–Crippen MR) is 204 cm³/mol. The van der Waals surface area contributed by atoms with E-state index in [9.17, 15) is 14.4 Å². The highest BCUT2D eigenvalue weighted by Crippen LogP contribution is 2.23. The number of fused-ring (bicyclic) bond motifs is 1. The number of benzene rings is 2. The van der Waals surface area contributed by atoms with E-state index in [1.807, 2.05) is 114 Å². The van der Waals surface area contributed by atoms with E-state index in [0.29, 0.717) is 25.5 Å². The summed E-state index contributed by atoms with van der Waals surface area (Å²) in [6.45, 7) is 12.7. The molecule has 2 unspecified atom stereocenters. The first-order valence-electron chi connectivity index (χ1n) is 17.6. The molecule has 2 atom stereocenters. The number of nitrogens with one attached hydrogen (secondary N) is 3. The number of aromatic nitrogens is 1. The number of hydrogen-bond donors (Lipinski definition) is 3. The second kappa shape index (κ2) is 19.3. The molecule has 13 heteroatoms. The molecule has 2 aromatic carbocycles. The summed E-state index contributed by atoms with van der Waals surface area (Å²) in [5, 5.41) is 10.0. The van der Waals surface area contributed by atoms with Crippen LogP contribution in [-0.4, -0.2) is 83.5 Å². The smallest absolute Gasteiger partial charge is 0.329 e. The first kappa shape index (κ1) is 40.2. The van der Waals surface area contributed by atoms with Crippen molar-refractivity contribution in [3.63, 3.8) is 0 Å². The lowest BCUT2D eigenvalue weighted by atomic mass is 10.0. The van der Waals surface area contributed by atoms with E-state index in [-0.39, 0.29) is 31.0 Å². The Kier molecular flexibility index (Phi) is 14.9. The van der Waals surface area contributed by atoms with Crippen molar-refractivity contribution in [1.82, 2.24) is 31.0 Å². The number of likely N-dealkylation sites (N-methyl/N-ethyl adjacent to an activating group) is 1. The average Bonchev–Trinajstić information content (AvgIpc) is 3.63. The van der Waals surface area contributed by atoms with E-state index in [1.165, 1.54) is 16.3 Å². The average molecular weight is 733 g/mol. The molecule has 0 saturated carbocycles. The second-order valence-corrected chi connectivity index (χ2v) is 14.4. The van der Waals surface area contributed by atoms with Gasteiger partial charge in [-0.2, -0.15) is 0 Å². The van der Waals surface area contributed by atoms with Gasteiger partial charge in [0.05, 0.1) is 24.6 Å². The number of rotatable bonds is 18. The topological polar surface area (TPSA) is 134 Å². The van der Waals surface area contributed by atoms with Crippen LogP contribution in [0.2, 0.25) is 0 Å². The standard InChI is InChI=1S/C39H52N6O6S/c1-8-49-37(50-9-2)27(3)45(25-30-14-10-13-29-15-11-21-40-35(29)30)36(47)33(23-28-17-19-31(20-18-28)51-39(4,5)6)42-34(46)26-44(7)43-38(48)41-24-32-16-12-22-52-32/h10-22,27,33,37H,8-9,23-26H2,1-7H3,(H,42,46)(H2,41,43,48). The van der Waals surface area contributed by atoms with Crippen LogP contribution in [0, 0.1) is 0 Å². The van der Waals surface area contributed by atoms with Crippen molar-refractivity contribution in [1.29, 1.82) is 0 Å². The zero-order valence-corrected chi connectivity index (χ0v) is 32.0. The van der Waals surface area contributed by atoms with Gasteiger partial charge in [-0.05, 0) is 82.3 Å². The molecule has 0 aliphatic carbocycles. The summed E-state index contributed by atoms with van der Waals surface area (Å²) in [7, 11) is 1.59. The number of pyridine rings is 1. The van der Waals surface area contributed by atoms with Gasteiger partial charge in [-0.25, -0.2) is 9.80 Å². The number of carbonyl (C=O) groups excluding carboxylic acids is 3. The van der Waals surface area contributed by atoms with Crippen LogP contribution in [-0.2, 0) is 38.6 Å². The number of ether oxygens (including phenoxy) is 3. The molecular weight excluding hydrogens is 681 g/mol. The Hall–Kier alpha value is -4.56. The summed E-state index contributed by atoms with van der Waals surface area (Å²) in [4.78, 5) is 48.3. The van der Waals surface area contributed by atoms with E-state index in [2.05, 4.69) is 21.0 Å². The molecule has 3 N–H and O–H groups in total. The summed E-state index contributed by atoms with van der Waals surface area (Å²) in [5.41, 5.74) is 4.73. The van der Waals surface area contributed by atoms with Crippen molar-refractivity contribution in [2.75, 3.05) is 26.8 Å². The van der Waals surface area contributed by atoms with Crippen LogP contribution < -0.4 is 20.8 Å². The number of hydrogen-bond acceptors (Lipinski definition) is 9. The Morgan fingerprint density at radius 2 is 1.65 bits per heavy atom. The maximum Gasteiger partial charge on any atom is 0.329 e. The van der Waals surface area contributed by atoms with Crippen molar-refractivity contribution in [3.05, 3.63) is 94.3 Å². The Balaban J connectivity index is 1.61. The van der Waals surface area contributed by atoms with Crippen molar-refractivity contribution < 1.29 is 28.6 Å². The predicted octanol–water partition coefficient (Wildman–Crippen LogP) is 5.66. The van der Waals surface area contributed by atoms with Crippen molar-refractivity contribution >= 4 is 40.1 Å². The number of carbonyl (C=O) groups is 3. The van der Waals surface area contributed by atoms with Crippen LogP contribution in [0.15, 0.2) is 78.3 Å². The molecule has 4 amide bonds. The minimum Gasteiger partial charge on any atom is -0.488 e. The van der Waals surface area contributed by atoms with Gasteiger partial charge in [-0.15, -0.1) is 11.3 Å². The molecule has 0 aliphatic heterocycles. The monoisotopic (exact) mass is 732 g/mol. The van der Waals surface area contributed by atoms with Crippen LogP contribution in [0.4, 0.5) is 4.79 Å². The third-order valence-electron chi connectivity index (χ3n) is 7.98. The Morgan fingerprint density at radius 3 is 2.31 bits per heavy atom. The molecule has 4 aromatic rings. The Morgan fingerprint density at radius 1 is 0.942 bits per heavy atom. The van der Waals surface area contributed by atoms with Gasteiger partial charge >= 0.3 is 6.03 Å². The fourth-order valence-electron chi connectivity index (χ4n) is 5.67. The van der Waals surface area contributed by atoms with E-state index in [4.69, 9.17) is 14.2 Å². The van der Waals surface area contributed by atoms with Crippen LogP contribution in [0.25, 0.3) is 10.9 Å². The van der Waals surface area contributed by atoms with Crippen molar-refractivity contribution in [2.45, 2.75) is 85.0 Å². The van der Waals surface area contributed by atoms with E-state index >= 15 is 0 Å². The lowest BCUT2D eigenvalue weighted by Gasteiger charge is -2.37. The third-order valence-corrected chi connectivity index (χ3v) is 8.86. The third kappa shape index (κ3) is 12.3. The lowest BCUT2D eigenvalue weighted by Crippen LogP contribution is -2.56. The molecule has 0 spiro atoms. The first-order valence-corrected chi connectivity index (χ1v) is 18.5. The highest BCUT2D eigenvalue weighted by Gasteiger charge is 2.34. The normalized spacial score (nSPS) is 12.8. The highest BCUT2D eigenvalue weighted by molar-refractivity contribution is 7.09. The molecule has 4 rings (SSSR count). The molecule has 2 aromatic heterocycles. The molecule has 52 heavy (non-hydrogen) atoms. The molecule has 0 aliphatic rings. The van der Waals surface area contributed by atoms with Gasteiger partial charge in [-0.1, -0.05) is 42.5 Å². The number of urea groups is 1. The number of hydrazine groups is 1. The number of para-hydroxylation sites is 1. The number of amides is 4. The summed E-state index contributed by atoms with van der Waals surface area (Å²) >= 11 is 1.54. The molecule has 0 saturated heterocycles. The fourth-order valence-corrected chi connectivity index (χ4v) is 6.32. The van der Waals surface area contributed by atoms with Crippen LogP contribution in [0.1, 0.15) is 57.5 Å². The minimum atomic E-state index is -0.975. The lowest BCUT2D eigenvalue weighted by molar-refractivity contribution is -0.179. The summed E-state index contributed by atoms with van der Waals surface area (Å²) in [5.74, 6) is -0.0709. The SMILES string of the molecule is CCOC(OCC)C(C)N(Cc1cccc2cccnc12)C(=O)C(Cc1ccc(OC(C)(C)C)cc1)NC(=O)CN(C)NC(=O)NCc1cccs1. The van der Waals surface area contributed by atoms with Crippen molar-refractivity contribution in [2.24, 2.45) is 0 Å². The number of nitrogens with zero attached hydrogens (tertiary/aromatic N) is 3. The van der Waals surface area contributed by atoms with Crippen LogP contribution in [0.5, 0.6) is 5.75 Å². The van der Waals surface area contributed by atoms with E-state index in [0.717, 1.165) is 26.9 Å². The molecule has 0 bridgehead atoms. The maximum atomic E-state index is 14.9. The first-order chi connectivity index (χ1) is 24.9. The zero-order valence-electron chi connectivity index (χ0n) is 31.2. The minimum absolute atomic E-state index is 0.196. The van der Waals surface area contributed by atoms with Crippen molar-refractivity contribution in [3.8, 4) is 5.75 Å². The summed E-state index contributed by atoms with van der Waals surface area (Å²) < 4.78 is 18.0. The largest absolute Gasteiger partial charge is 0.488 e. The maximum absolute atomic E-state index is 14.9. The Bertz CT molecular complexity index is 1720. The highest BCUT2D eigenvalue weighted by atomic mass is 32.1. The molecular formula is C39H52N6O6S. The fraction of sp³-hybridized carbons (Fsp3) is 0.436. The van der Waals surface area contributed by atoms with Gasteiger partial charge in [0.2, 0.25) is 11.8 Å². The summed E-state index contributed by atoms with van der Waals surface area (Å²) in [6, 6.07) is 19.1. The quantitative estimate of drug-likeness (QED) is 0.0882. The molecule has 0 radical (unpaired) electrons. The van der Waals surface area contributed by atoms with E-state index < -0.39 is 30.3 Å². The molecule has 12 nitrogen and oxygen atoms in total. The zero-order chi connectivity index (χ0) is 37.7. The van der Waals surface area contributed by atoms with Gasteiger partial charge in [0.1, 0.15) is 17.4 Å². The molecule has 2 heterocycles. The second-order valence-electron chi connectivity index (χ2n) is 13.4. The van der Waals surface area contributed by atoms with Gasteiger partial charge in [-0.3, -0.25) is 20.0 Å². The van der Waals surface area contributed by atoms with E-state index in [1.54, 1.807) is 18.1 Å². The van der Waals surface area contributed by atoms with Crippen LogP contribution >= 0.6 is 11.3 Å².